The minimum absolute atomic E-state index is 0. The van der Waals surface area contributed by atoms with E-state index in [0.29, 0.717) is 0 Å². The number of hydrogen-bond acceptors (Lipinski definition) is 0. The van der Waals surface area contributed by atoms with Crippen LogP contribution in [0.25, 0.3) is 0 Å². The van der Waals surface area contributed by atoms with E-state index in [-0.39, 0.29) is 232 Å². The van der Waals surface area contributed by atoms with Crippen LogP contribution in [-0.4, -0.2) is 5.48 Å². The molecule has 0 aromatic carbocycles. The second-order valence-corrected chi connectivity index (χ2v) is 0. The molecule has 0 spiro atoms. The summed E-state index contributed by atoms with van der Waals surface area (Å²) in [6.07, 6.45) is 0. The van der Waals surface area contributed by atoms with Gasteiger partial charge in [0.15, 0.2) is 0 Å². The van der Waals surface area contributed by atoms with Crippen molar-refractivity contribution in [2.24, 2.45) is 0 Å². The van der Waals surface area contributed by atoms with Gasteiger partial charge < -0.3 is 77.4 Å². The zero-order valence-electron chi connectivity index (χ0n) is 4.63. The Balaban J connectivity index is 0. The van der Waals surface area contributed by atoms with Gasteiger partial charge in [-0.2, -0.15) is 0 Å². The maximum Gasteiger partial charge on any atom is 1.00 e. The summed E-state index contributed by atoms with van der Waals surface area (Å²) < 4.78 is 0. The van der Waals surface area contributed by atoms with Gasteiger partial charge in [0, 0.05) is 0 Å². The minimum Gasteiger partial charge on any atom is -1.00 e. The van der Waals surface area contributed by atoms with Crippen LogP contribution in [0, 0.1) is 0 Å². The van der Waals surface area contributed by atoms with Crippen molar-refractivity contribution in [2.75, 3.05) is 0 Å². The molecular weight excluding hydrogens is 514 g/mol. The Morgan fingerprint density at radius 2 is 0.429 bits per heavy atom. The average molecular weight is 516 g/mol. The number of hydrogen-bond donors (Lipinski definition) is 0. The molecule has 0 amide bonds. The topological polar surface area (TPSA) is 31.5 Å². The van der Waals surface area contributed by atoms with Crippen molar-refractivity contribution in [3.63, 3.8) is 0 Å². The first-order valence-electron chi connectivity index (χ1n) is 0. The molecule has 1 nitrogen and oxygen atoms in total. The molecule has 7 heteroatoms. The molecule has 32 valence electrons. The maximum atomic E-state index is 0. The molecule has 0 radical (unpaired) electrons. The van der Waals surface area contributed by atoms with E-state index in [4.69, 9.17) is 0 Å². The molecule has 0 fully saturated rings. The van der Waals surface area contributed by atoms with Crippen LogP contribution in [0.1, 0.15) is 0 Å². The molecule has 0 rings (SSSR count). The molecule has 0 saturated carbocycles. The Morgan fingerprint density at radius 3 is 0.429 bits per heavy atom. The van der Waals surface area contributed by atoms with Gasteiger partial charge in [-0.3, -0.25) is 0 Å². The normalized spacial score (nSPS) is 0. The first-order valence-corrected chi connectivity index (χ1v) is 0. The van der Waals surface area contributed by atoms with E-state index in [0.717, 1.165) is 0 Å². The van der Waals surface area contributed by atoms with Gasteiger partial charge in [0.05, 0.1) is 0 Å². The maximum absolute atomic E-state index is 0. The summed E-state index contributed by atoms with van der Waals surface area (Å²) in [5, 5.41) is 0. The van der Waals surface area contributed by atoms with Gasteiger partial charge in [0.25, 0.3) is 0 Å². The summed E-state index contributed by atoms with van der Waals surface area (Å²) in [6.45, 7) is 0. The Hall–Kier alpha value is 7.06. The SMILES string of the molecule is O.[I-].[I-].[I-].[K+].[K+].[K+]. The van der Waals surface area contributed by atoms with Crippen LogP contribution >= 0.6 is 0 Å². The smallest absolute Gasteiger partial charge is 1.00 e. The van der Waals surface area contributed by atoms with Crippen molar-refractivity contribution < 1.29 is 232 Å². The van der Waals surface area contributed by atoms with Crippen LogP contribution in [0.15, 0.2) is 0 Å². The average Bonchev–Trinajstić information content (AvgIpc) is 0. The molecule has 0 aromatic heterocycles. The van der Waals surface area contributed by atoms with Crippen LogP contribution in [0.3, 0.4) is 0 Å². The van der Waals surface area contributed by atoms with Crippen LogP contribution in [-0.2, 0) is 0 Å². The van der Waals surface area contributed by atoms with Gasteiger partial charge >= 0.3 is 154 Å². The molecule has 0 bridgehead atoms. The molecule has 0 unspecified atom stereocenters. The molecule has 0 aromatic rings. The molecular formula is H2I3K3O. The zero-order valence-corrected chi connectivity index (χ0v) is 20.5. The standard InChI is InChI=1S/3HI.3K.H2O/h3*1H;;;;1H2/q;;;3*+1;/p-3. The van der Waals surface area contributed by atoms with Gasteiger partial charge in [-0.1, -0.05) is 0 Å². The molecule has 7 heavy (non-hydrogen) atoms. The first-order chi connectivity index (χ1) is 0. The third kappa shape index (κ3) is 32.1. The Bertz CT molecular complexity index is 10.1. The van der Waals surface area contributed by atoms with E-state index in [1.165, 1.54) is 0 Å². The quantitative estimate of drug-likeness (QED) is 0.227. The molecule has 0 saturated heterocycles. The minimum atomic E-state index is 0. The van der Waals surface area contributed by atoms with Crippen molar-refractivity contribution in [1.29, 1.82) is 0 Å². The van der Waals surface area contributed by atoms with E-state index in [9.17, 15) is 0 Å². The van der Waals surface area contributed by atoms with Crippen molar-refractivity contribution in [1.82, 2.24) is 0 Å². The van der Waals surface area contributed by atoms with E-state index in [2.05, 4.69) is 0 Å². The van der Waals surface area contributed by atoms with Crippen LogP contribution in [0.5, 0.6) is 0 Å². The Morgan fingerprint density at radius 1 is 0.429 bits per heavy atom. The van der Waals surface area contributed by atoms with Gasteiger partial charge in [-0.15, -0.1) is 0 Å². The van der Waals surface area contributed by atoms with E-state index in [1.54, 1.807) is 0 Å². The summed E-state index contributed by atoms with van der Waals surface area (Å²) in [4.78, 5) is 0. The summed E-state index contributed by atoms with van der Waals surface area (Å²) in [7, 11) is 0. The number of halogens is 3. The van der Waals surface area contributed by atoms with Gasteiger partial charge in [-0.25, -0.2) is 0 Å². The zero-order chi connectivity index (χ0) is 0. The molecule has 0 heterocycles. The molecule has 0 aliphatic heterocycles. The number of rotatable bonds is 0. The van der Waals surface area contributed by atoms with Gasteiger partial charge in [-0.05, 0) is 0 Å². The third-order valence-electron chi connectivity index (χ3n) is 0. The van der Waals surface area contributed by atoms with Crippen molar-refractivity contribution in [3.05, 3.63) is 0 Å². The molecule has 0 aliphatic carbocycles. The fraction of sp³-hybridized carbons (Fsp3) is 0. The molecule has 2 N–H and O–H groups in total. The third-order valence-corrected chi connectivity index (χ3v) is 0. The van der Waals surface area contributed by atoms with Crippen LogP contribution in [0.4, 0.5) is 0 Å². The summed E-state index contributed by atoms with van der Waals surface area (Å²) in [5.74, 6) is 0. The predicted molar refractivity (Wildman–Crippen MR) is 3.61 cm³/mol. The van der Waals surface area contributed by atoms with Gasteiger partial charge in [0.1, 0.15) is 0 Å². The van der Waals surface area contributed by atoms with E-state index >= 15 is 0 Å². The molecule has 0 atom stereocenters. The summed E-state index contributed by atoms with van der Waals surface area (Å²) >= 11 is 0. The Kier molecular flexibility index (Phi) is 262. The first kappa shape index (κ1) is 48.1. The van der Waals surface area contributed by atoms with Crippen molar-refractivity contribution >= 4 is 0 Å². The van der Waals surface area contributed by atoms with Gasteiger partial charge in [0.2, 0.25) is 0 Å². The summed E-state index contributed by atoms with van der Waals surface area (Å²) in [6, 6.07) is 0. The van der Waals surface area contributed by atoms with Crippen LogP contribution in [0.2, 0.25) is 0 Å². The summed E-state index contributed by atoms with van der Waals surface area (Å²) in [5.41, 5.74) is 0. The van der Waals surface area contributed by atoms with Crippen LogP contribution < -0.4 is 226 Å². The second-order valence-electron chi connectivity index (χ2n) is 0. The van der Waals surface area contributed by atoms with Crippen molar-refractivity contribution in [2.45, 2.75) is 0 Å². The largest absolute Gasteiger partial charge is 1.00 e. The monoisotopic (exact) mass is 516 g/mol. The van der Waals surface area contributed by atoms with E-state index < -0.39 is 0 Å². The predicted octanol–water partition coefficient (Wildman–Crippen LogP) is -18.8. The Labute approximate surface area is 223 Å². The second kappa shape index (κ2) is 38.1. The fourth-order valence-corrected chi connectivity index (χ4v) is 0. The van der Waals surface area contributed by atoms with Crippen molar-refractivity contribution in [3.8, 4) is 0 Å². The fourth-order valence-electron chi connectivity index (χ4n) is 0. The van der Waals surface area contributed by atoms with E-state index in [1.807, 2.05) is 0 Å². The molecule has 0 aliphatic rings.